The molecule has 0 heterocycles. The second kappa shape index (κ2) is 6.85. The minimum absolute atomic E-state index is 0.107. The summed E-state index contributed by atoms with van der Waals surface area (Å²) in [6.07, 6.45) is 0.331. The smallest absolute Gasteiger partial charge is 0.387 e. The number of amides is 1. The first-order valence-electron chi connectivity index (χ1n) is 5.18. The van der Waals surface area contributed by atoms with Crippen LogP contribution in [0.2, 0.25) is 0 Å². The number of carbonyl (C=O) groups is 1. The summed E-state index contributed by atoms with van der Waals surface area (Å²) in [7, 11) is 0. The number of benzene rings is 1. The quantitative estimate of drug-likeness (QED) is 0.765. The molecular formula is C11H12F3NO3. The third-order valence-corrected chi connectivity index (χ3v) is 2.02. The van der Waals surface area contributed by atoms with Crippen molar-refractivity contribution in [3.63, 3.8) is 0 Å². The van der Waals surface area contributed by atoms with Crippen LogP contribution in [0.3, 0.4) is 0 Å². The van der Waals surface area contributed by atoms with E-state index in [1.165, 1.54) is 0 Å². The summed E-state index contributed by atoms with van der Waals surface area (Å²) in [5.74, 6) is -1.97. The Bertz CT molecular complexity index is 413. The molecule has 1 aromatic rings. The summed E-state index contributed by atoms with van der Waals surface area (Å²) in [6.45, 7) is -3.07. The van der Waals surface area contributed by atoms with Crippen molar-refractivity contribution in [3.05, 3.63) is 29.6 Å². The summed E-state index contributed by atoms with van der Waals surface area (Å²) in [5.41, 5.74) is -0.186. The van der Waals surface area contributed by atoms with E-state index in [-0.39, 0.29) is 18.7 Å². The lowest BCUT2D eigenvalue weighted by Gasteiger charge is -2.10. The molecule has 7 heteroatoms. The van der Waals surface area contributed by atoms with E-state index in [9.17, 15) is 18.0 Å². The minimum atomic E-state index is -3.14. The number of hydrogen-bond donors (Lipinski definition) is 2. The molecule has 0 saturated heterocycles. The molecule has 4 nitrogen and oxygen atoms in total. The lowest BCUT2D eigenvalue weighted by atomic mass is 10.2. The van der Waals surface area contributed by atoms with Gasteiger partial charge in [-0.2, -0.15) is 8.78 Å². The zero-order valence-corrected chi connectivity index (χ0v) is 9.33. The van der Waals surface area contributed by atoms with E-state index < -0.39 is 24.1 Å². The van der Waals surface area contributed by atoms with Crippen molar-refractivity contribution in [1.82, 2.24) is 5.32 Å². The number of aliphatic hydroxyl groups excluding tert-OH is 1. The van der Waals surface area contributed by atoms with Crippen LogP contribution >= 0.6 is 0 Å². The first-order chi connectivity index (χ1) is 8.54. The number of halogens is 3. The Morgan fingerprint density at radius 2 is 2.17 bits per heavy atom. The number of carbonyl (C=O) groups excluding carboxylic acids is 1. The Kier molecular flexibility index (Phi) is 5.44. The fourth-order valence-electron chi connectivity index (χ4n) is 1.25. The number of alkyl halides is 2. The van der Waals surface area contributed by atoms with Gasteiger partial charge in [0.05, 0.1) is 5.56 Å². The molecule has 0 aliphatic rings. The predicted molar refractivity (Wildman–Crippen MR) is 57.1 cm³/mol. The SMILES string of the molecule is O=C(NCCCO)c1ccc(F)cc1OC(F)F. The van der Waals surface area contributed by atoms with Gasteiger partial charge in [0.15, 0.2) is 0 Å². The van der Waals surface area contributed by atoms with E-state index in [0.717, 1.165) is 12.1 Å². The number of nitrogens with one attached hydrogen (secondary N) is 1. The van der Waals surface area contributed by atoms with Crippen LogP contribution in [0.5, 0.6) is 5.75 Å². The van der Waals surface area contributed by atoms with Crippen molar-refractivity contribution in [3.8, 4) is 5.75 Å². The fraction of sp³-hybridized carbons (Fsp3) is 0.364. The molecule has 1 aromatic carbocycles. The highest BCUT2D eigenvalue weighted by Crippen LogP contribution is 2.21. The molecule has 0 bridgehead atoms. The molecule has 1 rings (SSSR count). The van der Waals surface area contributed by atoms with Crippen LogP contribution in [0, 0.1) is 5.82 Å². The molecule has 0 fully saturated rings. The molecule has 0 atom stereocenters. The topological polar surface area (TPSA) is 58.6 Å². The molecule has 0 spiro atoms. The van der Waals surface area contributed by atoms with Gasteiger partial charge in [-0.05, 0) is 18.6 Å². The largest absolute Gasteiger partial charge is 0.434 e. The fourth-order valence-corrected chi connectivity index (χ4v) is 1.25. The molecule has 0 aliphatic carbocycles. The molecule has 2 N–H and O–H groups in total. The number of rotatable bonds is 6. The Labute approximate surface area is 101 Å². The van der Waals surface area contributed by atoms with Crippen molar-refractivity contribution >= 4 is 5.91 Å². The third-order valence-electron chi connectivity index (χ3n) is 2.02. The van der Waals surface area contributed by atoms with E-state index in [1.54, 1.807) is 0 Å². The molecule has 18 heavy (non-hydrogen) atoms. The second-order valence-corrected chi connectivity index (χ2v) is 3.35. The van der Waals surface area contributed by atoms with Gasteiger partial charge in [0.25, 0.3) is 5.91 Å². The van der Waals surface area contributed by atoms with Gasteiger partial charge in [-0.1, -0.05) is 0 Å². The van der Waals surface area contributed by atoms with Gasteiger partial charge in [-0.15, -0.1) is 0 Å². The summed E-state index contributed by atoms with van der Waals surface area (Å²) in [5, 5.41) is 10.9. The average molecular weight is 263 g/mol. The van der Waals surface area contributed by atoms with Crippen LogP contribution in [0.1, 0.15) is 16.8 Å². The van der Waals surface area contributed by atoms with Crippen molar-refractivity contribution in [2.75, 3.05) is 13.2 Å². The minimum Gasteiger partial charge on any atom is -0.434 e. The first kappa shape index (κ1) is 14.3. The van der Waals surface area contributed by atoms with Crippen molar-refractivity contribution in [2.24, 2.45) is 0 Å². The molecule has 100 valence electrons. The van der Waals surface area contributed by atoms with Crippen LogP contribution in [0.25, 0.3) is 0 Å². The standard InChI is InChI=1S/C11H12F3NO3/c12-7-2-3-8(9(6-7)18-11(13)14)10(17)15-4-1-5-16/h2-3,6,11,16H,1,4-5H2,(H,15,17). The first-order valence-corrected chi connectivity index (χ1v) is 5.18. The maximum Gasteiger partial charge on any atom is 0.387 e. The Hall–Kier alpha value is -1.76. The van der Waals surface area contributed by atoms with Crippen molar-refractivity contribution < 1.29 is 27.8 Å². The molecular weight excluding hydrogens is 251 g/mol. The highest BCUT2D eigenvalue weighted by molar-refractivity contribution is 5.96. The maximum absolute atomic E-state index is 12.9. The highest BCUT2D eigenvalue weighted by Gasteiger charge is 2.16. The number of ether oxygens (including phenoxy) is 1. The maximum atomic E-state index is 12.9. The summed E-state index contributed by atoms with van der Waals surface area (Å²) in [6, 6.07) is 2.74. The zero-order chi connectivity index (χ0) is 13.5. The lowest BCUT2D eigenvalue weighted by molar-refractivity contribution is -0.0503. The van der Waals surface area contributed by atoms with Gasteiger partial charge in [-0.3, -0.25) is 4.79 Å². The molecule has 0 saturated carbocycles. The van der Waals surface area contributed by atoms with E-state index in [2.05, 4.69) is 10.1 Å². The summed E-state index contributed by atoms with van der Waals surface area (Å²) in [4.78, 5) is 11.6. The molecule has 0 aliphatic heterocycles. The van der Waals surface area contributed by atoms with Gasteiger partial charge in [-0.25, -0.2) is 4.39 Å². The van der Waals surface area contributed by atoms with Crippen molar-refractivity contribution in [2.45, 2.75) is 13.0 Å². The van der Waals surface area contributed by atoms with Crippen LogP contribution in [0.15, 0.2) is 18.2 Å². The van der Waals surface area contributed by atoms with E-state index in [0.29, 0.717) is 12.5 Å². The Balaban J connectivity index is 2.82. The molecule has 0 aromatic heterocycles. The zero-order valence-electron chi connectivity index (χ0n) is 9.33. The summed E-state index contributed by atoms with van der Waals surface area (Å²) >= 11 is 0. The Morgan fingerprint density at radius 3 is 2.78 bits per heavy atom. The van der Waals surface area contributed by atoms with Gasteiger partial charge in [0.2, 0.25) is 0 Å². The average Bonchev–Trinajstić information content (AvgIpc) is 2.28. The third kappa shape index (κ3) is 4.25. The molecule has 1 amide bonds. The van der Waals surface area contributed by atoms with Crippen LogP contribution in [0.4, 0.5) is 13.2 Å². The number of aliphatic hydroxyl groups is 1. The normalized spacial score (nSPS) is 10.5. The van der Waals surface area contributed by atoms with Crippen molar-refractivity contribution in [1.29, 1.82) is 0 Å². The van der Waals surface area contributed by atoms with Gasteiger partial charge >= 0.3 is 6.61 Å². The summed E-state index contributed by atoms with van der Waals surface area (Å²) < 4.78 is 41.1. The molecule has 0 unspecified atom stereocenters. The van der Waals surface area contributed by atoms with Gasteiger partial charge < -0.3 is 15.2 Å². The molecule has 0 radical (unpaired) electrons. The van der Waals surface area contributed by atoms with E-state index in [1.807, 2.05) is 0 Å². The van der Waals surface area contributed by atoms with Gasteiger partial charge in [0.1, 0.15) is 11.6 Å². The lowest BCUT2D eigenvalue weighted by Crippen LogP contribution is -2.26. The van der Waals surface area contributed by atoms with E-state index >= 15 is 0 Å². The highest BCUT2D eigenvalue weighted by atomic mass is 19.3. The number of hydrogen-bond acceptors (Lipinski definition) is 3. The van der Waals surface area contributed by atoms with Crippen LogP contribution < -0.4 is 10.1 Å². The second-order valence-electron chi connectivity index (χ2n) is 3.35. The Morgan fingerprint density at radius 1 is 1.44 bits per heavy atom. The van der Waals surface area contributed by atoms with Gasteiger partial charge in [0, 0.05) is 19.2 Å². The monoisotopic (exact) mass is 263 g/mol. The van der Waals surface area contributed by atoms with Crippen LogP contribution in [-0.4, -0.2) is 30.8 Å². The predicted octanol–water partition coefficient (Wildman–Crippen LogP) is 1.54. The van der Waals surface area contributed by atoms with Crippen LogP contribution in [-0.2, 0) is 0 Å². The van der Waals surface area contributed by atoms with E-state index in [4.69, 9.17) is 5.11 Å².